The van der Waals surface area contributed by atoms with E-state index in [9.17, 15) is 10.1 Å². The van der Waals surface area contributed by atoms with Gasteiger partial charge >= 0.3 is 5.69 Å². The Morgan fingerprint density at radius 1 is 1.53 bits per heavy atom. The molecular weight excluding hydrogens is 222 g/mol. The fourth-order valence-corrected chi connectivity index (χ4v) is 1.52. The molecule has 1 aromatic heterocycles. The van der Waals surface area contributed by atoms with E-state index in [0.717, 1.165) is 5.69 Å². The van der Waals surface area contributed by atoms with Crippen LogP contribution in [0.4, 0.5) is 5.69 Å². The monoisotopic (exact) mass is 233 g/mol. The van der Waals surface area contributed by atoms with E-state index in [4.69, 9.17) is 4.74 Å². The quantitative estimate of drug-likeness (QED) is 0.649. The van der Waals surface area contributed by atoms with Crippen molar-refractivity contribution in [3.63, 3.8) is 0 Å². The minimum atomic E-state index is -0.454. The van der Waals surface area contributed by atoms with Crippen molar-refractivity contribution in [3.05, 3.63) is 40.8 Å². The summed E-state index contributed by atoms with van der Waals surface area (Å²) < 4.78 is 5.20. The first-order chi connectivity index (χ1) is 8.22. The third-order valence-corrected chi connectivity index (χ3v) is 2.26. The number of hydrogen-bond acceptors (Lipinski definition) is 4. The zero-order chi connectivity index (χ0) is 12.3. The fourth-order valence-electron chi connectivity index (χ4n) is 1.52. The molecule has 0 amide bonds. The molecule has 0 unspecified atom stereocenters. The van der Waals surface area contributed by atoms with E-state index in [2.05, 4.69) is 9.97 Å². The van der Waals surface area contributed by atoms with Gasteiger partial charge in [-0.1, -0.05) is 0 Å². The minimum absolute atomic E-state index is 0.0426. The summed E-state index contributed by atoms with van der Waals surface area (Å²) in [5, 5.41) is 10.9. The first-order valence-corrected chi connectivity index (χ1v) is 5.12. The van der Waals surface area contributed by atoms with Crippen LogP contribution in [0.1, 0.15) is 6.92 Å². The Morgan fingerprint density at radius 2 is 2.35 bits per heavy atom. The molecule has 2 rings (SSSR count). The average molecular weight is 233 g/mol. The molecule has 1 aromatic carbocycles. The summed E-state index contributed by atoms with van der Waals surface area (Å²) in [5.41, 5.74) is 1.40. The van der Waals surface area contributed by atoms with Gasteiger partial charge < -0.3 is 9.72 Å². The van der Waals surface area contributed by atoms with Crippen LogP contribution >= 0.6 is 0 Å². The van der Waals surface area contributed by atoms with Gasteiger partial charge in [0.05, 0.1) is 29.7 Å². The summed E-state index contributed by atoms with van der Waals surface area (Å²) >= 11 is 0. The van der Waals surface area contributed by atoms with Crippen LogP contribution in [0.3, 0.4) is 0 Å². The predicted octanol–water partition coefficient (Wildman–Crippen LogP) is 2.38. The van der Waals surface area contributed by atoms with E-state index in [0.29, 0.717) is 12.2 Å². The van der Waals surface area contributed by atoms with Crippen LogP contribution in [0.15, 0.2) is 30.7 Å². The van der Waals surface area contributed by atoms with E-state index >= 15 is 0 Å². The molecule has 1 heterocycles. The van der Waals surface area contributed by atoms with E-state index in [1.165, 1.54) is 12.4 Å². The van der Waals surface area contributed by atoms with Crippen molar-refractivity contribution >= 4 is 5.69 Å². The molecule has 0 aliphatic carbocycles. The number of hydrogen-bond donors (Lipinski definition) is 1. The summed E-state index contributed by atoms with van der Waals surface area (Å²) in [4.78, 5) is 17.2. The lowest BCUT2D eigenvalue weighted by atomic mass is 10.1. The number of imidazole rings is 1. The van der Waals surface area contributed by atoms with Crippen LogP contribution in [0.2, 0.25) is 0 Å². The molecule has 17 heavy (non-hydrogen) atoms. The van der Waals surface area contributed by atoms with E-state index < -0.39 is 4.92 Å². The molecule has 0 saturated heterocycles. The Balaban J connectivity index is 2.45. The maximum absolute atomic E-state index is 10.9. The molecule has 0 aliphatic rings. The molecule has 0 atom stereocenters. The third-order valence-electron chi connectivity index (χ3n) is 2.26. The highest BCUT2D eigenvalue weighted by molar-refractivity contribution is 5.65. The van der Waals surface area contributed by atoms with E-state index in [1.807, 2.05) is 0 Å². The van der Waals surface area contributed by atoms with Crippen molar-refractivity contribution in [1.29, 1.82) is 0 Å². The molecular formula is C11H11N3O3. The smallest absolute Gasteiger partial charge is 0.311 e. The lowest BCUT2D eigenvalue weighted by molar-refractivity contribution is -0.385. The van der Waals surface area contributed by atoms with Crippen molar-refractivity contribution in [3.8, 4) is 17.0 Å². The highest BCUT2D eigenvalue weighted by atomic mass is 16.6. The highest BCUT2D eigenvalue weighted by Gasteiger charge is 2.16. The van der Waals surface area contributed by atoms with Crippen molar-refractivity contribution in [2.75, 3.05) is 6.61 Å². The largest absolute Gasteiger partial charge is 0.487 e. The van der Waals surface area contributed by atoms with Gasteiger partial charge in [0.15, 0.2) is 5.75 Å². The van der Waals surface area contributed by atoms with E-state index in [1.54, 1.807) is 25.3 Å². The van der Waals surface area contributed by atoms with Gasteiger partial charge in [-0.15, -0.1) is 0 Å². The molecule has 88 valence electrons. The molecule has 0 saturated carbocycles. The number of benzene rings is 1. The fraction of sp³-hybridized carbons (Fsp3) is 0.182. The van der Waals surface area contributed by atoms with Gasteiger partial charge in [0.2, 0.25) is 0 Å². The number of nitro benzene ring substituents is 1. The van der Waals surface area contributed by atoms with Gasteiger partial charge in [0, 0.05) is 11.6 Å². The van der Waals surface area contributed by atoms with Crippen molar-refractivity contribution < 1.29 is 9.66 Å². The Labute approximate surface area is 97.4 Å². The standard InChI is InChI=1S/C11H11N3O3/c1-2-17-11-4-3-8(5-10(11)14(15)16)9-6-12-7-13-9/h3-7H,2H2,1H3,(H,12,13). The van der Waals surface area contributed by atoms with Crippen LogP contribution < -0.4 is 4.74 Å². The third kappa shape index (κ3) is 2.25. The first-order valence-electron chi connectivity index (χ1n) is 5.12. The SMILES string of the molecule is CCOc1ccc(-c2cnc[nH]2)cc1[N+](=O)[O-]. The second-order valence-electron chi connectivity index (χ2n) is 3.34. The normalized spacial score (nSPS) is 10.2. The number of aromatic nitrogens is 2. The number of rotatable bonds is 4. The lowest BCUT2D eigenvalue weighted by Gasteiger charge is -2.05. The summed E-state index contributed by atoms with van der Waals surface area (Å²) in [5.74, 6) is 0.278. The molecule has 0 bridgehead atoms. The number of ether oxygens (including phenoxy) is 1. The molecule has 2 aromatic rings. The lowest BCUT2D eigenvalue weighted by Crippen LogP contribution is -1.97. The predicted molar refractivity (Wildman–Crippen MR) is 61.8 cm³/mol. The molecule has 0 fully saturated rings. The van der Waals surface area contributed by atoms with Gasteiger partial charge in [-0.05, 0) is 19.1 Å². The Morgan fingerprint density at radius 3 is 2.94 bits per heavy atom. The Kier molecular flexibility index (Phi) is 3.04. The van der Waals surface area contributed by atoms with Gasteiger partial charge in [0.25, 0.3) is 0 Å². The average Bonchev–Trinajstić information content (AvgIpc) is 2.83. The van der Waals surface area contributed by atoms with Gasteiger partial charge in [0.1, 0.15) is 0 Å². The molecule has 6 nitrogen and oxygen atoms in total. The Hall–Kier alpha value is -2.37. The molecule has 0 radical (unpaired) electrons. The molecule has 0 spiro atoms. The topological polar surface area (TPSA) is 81.0 Å². The maximum Gasteiger partial charge on any atom is 0.311 e. The van der Waals surface area contributed by atoms with Gasteiger partial charge in [-0.25, -0.2) is 4.98 Å². The number of nitro groups is 1. The van der Waals surface area contributed by atoms with Crippen LogP contribution in [-0.2, 0) is 0 Å². The number of nitrogens with zero attached hydrogens (tertiary/aromatic N) is 2. The molecule has 1 N–H and O–H groups in total. The second kappa shape index (κ2) is 4.65. The number of aromatic amines is 1. The molecule has 6 heteroatoms. The van der Waals surface area contributed by atoms with E-state index in [-0.39, 0.29) is 11.4 Å². The maximum atomic E-state index is 10.9. The van der Waals surface area contributed by atoms with Crippen LogP contribution in [0.5, 0.6) is 5.75 Å². The zero-order valence-corrected chi connectivity index (χ0v) is 9.21. The van der Waals surface area contributed by atoms with Gasteiger partial charge in [-0.2, -0.15) is 0 Å². The zero-order valence-electron chi connectivity index (χ0n) is 9.21. The highest BCUT2D eigenvalue weighted by Crippen LogP contribution is 2.31. The van der Waals surface area contributed by atoms with Crippen molar-refractivity contribution in [2.24, 2.45) is 0 Å². The van der Waals surface area contributed by atoms with Crippen LogP contribution in [-0.4, -0.2) is 21.5 Å². The second-order valence-corrected chi connectivity index (χ2v) is 3.34. The van der Waals surface area contributed by atoms with Crippen LogP contribution in [0, 0.1) is 10.1 Å². The molecule has 0 aliphatic heterocycles. The number of nitrogens with one attached hydrogen (secondary N) is 1. The summed E-state index contributed by atoms with van der Waals surface area (Å²) in [6.45, 7) is 2.18. The minimum Gasteiger partial charge on any atom is -0.487 e. The Bertz CT molecular complexity index is 523. The van der Waals surface area contributed by atoms with Crippen LogP contribution in [0.25, 0.3) is 11.3 Å². The first kappa shape index (κ1) is 11.1. The number of H-pyrrole nitrogens is 1. The van der Waals surface area contributed by atoms with Crippen molar-refractivity contribution in [2.45, 2.75) is 6.92 Å². The summed E-state index contributed by atoms with van der Waals surface area (Å²) in [7, 11) is 0. The van der Waals surface area contributed by atoms with Gasteiger partial charge in [-0.3, -0.25) is 10.1 Å². The summed E-state index contributed by atoms with van der Waals surface area (Å²) in [6, 6.07) is 4.82. The van der Waals surface area contributed by atoms with Crippen molar-refractivity contribution in [1.82, 2.24) is 9.97 Å². The summed E-state index contributed by atoms with van der Waals surface area (Å²) in [6.07, 6.45) is 3.14.